The minimum Gasteiger partial charge on any atom is -0.326 e. The Balaban J connectivity index is 1.58. The first kappa shape index (κ1) is 17.3. The number of para-hydroxylation sites is 2. The van der Waals surface area contributed by atoms with Crippen molar-refractivity contribution in [3.8, 4) is 0 Å². The lowest BCUT2D eigenvalue weighted by molar-refractivity contribution is -0.115. The Morgan fingerprint density at radius 2 is 1.69 bits per heavy atom. The van der Waals surface area contributed by atoms with Gasteiger partial charge >= 0.3 is 0 Å². The van der Waals surface area contributed by atoms with Crippen LogP contribution in [-0.2, 0) is 4.79 Å². The van der Waals surface area contributed by atoms with E-state index in [1.165, 1.54) is 0 Å². The molecule has 0 bridgehead atoms. The van der Waals surface area contributed by atoms with Crippen molar-refractivity contribution in [2.24, 2.45) is 5.10 Å². The Morgan fingerprint density at radius 1 is 0.962 bits per heavy atom. The Morgan fingerprint density at radius 3 is 2.50 bits per heavy atom. The summed E-state index contributed by atoms with van der Waals surface area (Å²) in [6, 6.07) is 20.2. The van der Waals surface area contributed by atoms with Gasteiger partial charge in [-0.1, -0.05) is 42.5 Å². The summed E-state index contributed by atoms with van der Waals surface area (Å²) in [5.74, 6) is -0.617. The van der Waals surface area contributed by atoms with Crippen LogP contribution in [0.3, 0.4) is 0 Å². The lowest BCUT2D eigenvalue weighted by Crippen LogP contribution is -2.22. The number of carbonyl (C=O) groups is 2. The molecule has 6 heteroatoms. The molecule has 0 radical (unpaired) electrons. The van der Waals surface area contributed by atoms with E-state index in [1.807, 2.05) is 48.5 Å². The maximum Gasteiger partial charge on any atom is 0.289 e. The SMILES string of the molecule is C/C(CC(=O)Nc1ccccc1)=N/NC(=O)c1ccc2ccccc2n1. The van der Waals surface area contributed by atoms with E-state index in [9.17, 15) is 9.59 Å². The number of nitrogens with one attached hydrogen (secondary N) is 2. The molecule has 0 aliphatic carbocycles. The van der Waals surface area contributed by atoms with Crippen LogP contribution >= 0.6 is 0 Å². The molecule has 0 aliphatic rings. The van der Waals surface area contributed by atoms with Crippen molar-refractivity contribution in [2.75, 3.05) is 5.32 Å². The van der Waals surface area contributed by atoms with E-state index in [1.54, 1.807) is 25.1 Å². The highest BCUT2D eigenvalue weighted by Gasteiger charge is 2.09. The lowest BCUT2D eigenvalue weighted by Gasteiger charge is -2.05. The zero-order valence-corrected chi connectivity index (χ0v) is 14.3. The van der Waals surface area contributed by atoms with Crippen molar-refractivity contribution >= 4 is 34.1 Å². The largest absolute Gasteiger partial charge is 0.326 e. The lowest BCUT2D eigenvalue weighted by atomic mass is 10.2. The molecule has 0 saturated carbocycles. The molecule has 0 fully saturated rings. The van der Waals surface area contributed by atoms with Gasteiger partial charge in [0.1, 0.15) is 5.69 Å². The zero-order valence-electron chi connectivity index (χ0n) is 14.3. The molecule has 6 nitrogen and oxygen atoms in total. The fraction of sp³-hybridized carbons (Fsp3) is 0.100. The van der Waals surface area contributed by atoms with E-state index >= 15 is 0 Å². The van der Waals surface area contributed by atoms with E-state index < -0.39 is 5.91 Å². The van der Waals surface area contributed by atoms with Gasteiger partial charge in [0.05, 0.1) is 11.9 Å². The monoisotopic (exact) mass is 346 g/mol. The van der Waals surface area contributed by atoms with Crippen LogP contribution in [0.25, 0.3) is 10.9 Å². The number of amides is 2. The maximum atomic E-state index is 12.2. The van der Waals surface area contributed by atoms with Crippen LogP contribution in [0.1, 0.15) is 23.8 Å². The third-order valence-corrected chi connectivity index (χ3v) is 3.65. The molecule has 0 spiro atoms. The van der Waals surface area contributed by atoms with Crippen molar-refractivity contribution < 1.29 is 9.59 Å². The van der Waals surface area contributed by atoms with Gasteiger partial charge in [0, 0.05) is 16.8 Å². The second-order valence-electron chi connectivity index (χ2n) is 5.77. The first-order chi connectivity index (χ1) is 12.6. The minimum atomic E-state index is -0.418. The van der Waals surface area contributed by atoms with Crippen LogP contribution in [0.5, 0.6) is 0 Å². The number of hydrazone groups is 1. The van der Waals surface area contributed by atoms with Crippen molar-refractivity contribution in [1.82, 2.24) is 10.4 Å². The maximum absolute atomic E-state index is 12.2. The molecular formula is C20H18N4O2. The van der Waals surface area contributed by atoms with Crippen molar-refractivity contribution in [3.63, 3.8) is 0 Å². The van der Waals surface area contributed by atoms with Crippen LogP contribution < -0.4 is 10.7 Å². The number of pyridine rings is 1. The number of rotatable bonds is 5. The van der Waals surface area contributed by atoms with E-state index in [4.69, 9.17) is 0 Å². The molecule has 1 heterocycles. The van der Waals surface area contributed by atoms with Gasteiger partial charge in [-0.3, -0.25) is 9.59 Å². The van der Waals surface area contributed by atoms with Crippen molar-refractivity contribution in [3.05, 3.63) is 72.4 Å². The van der Waals surface area contributed by atoms with Crippen LogP contribution in [0.4, 0.5) is 5.69 Å². The minimum absolute atomic E-state index is 0.0837. The van der Waals surface area contributed by atoms with Crippen LogP contribution in [0.15, 0.2) is 71.8 Å². The second-order valence-corrected chi connectivity index (χ2v) is 5.77. The van der Waals surface area contributed by atoms with Gasteiger partial charge in [-0.2, -0.15) is 5.10 Å². The molecule has 0 saturated heterocycles. The van der Waals surface area contributed by atoms with Gasteiger partial charge in [0.2, 0.25) is 5.91 Å². The van der Waals surface area contributed by atoms with Crippen LogP contribution in [-0.4, -0.2) is 22.5 Å². The number of carbonyl (C=O) groups excluding carboxylic acids is 2. The first-order valence-electron chi connectivity index (χ1n) is 8.16. The number of hydrogen-bond donors (Lipinski definition) is 2. The topological polar surface area (TPSA) is 83.5 Å². The summed E-state index contributed by atoms with van der Waals surface area (Å²) in [7, 11) is 0. The summed E-state index contributed by atoms with van der Waals surface area (Å²) in [5.41, 5.74) is 4.66. The molecule has 0 unspecified atom stereocenters. The molecule has 130 valence electrons. The average Bonchev–Trinajstić information content (AvgIpc) is 2.66. The summed E-state index contributed by atoms with van der Waals surface area (Å²) in [5, 5.41) is 7.71. The van der Waals surface area contributed by atoms with Crippen molar-refractivity contribution in [1.29, 1.82) is 0 Å². The molecule has 0 aliphatic heterocycles. The number of nitrogens with zero attached hydrogens (tertiary/aromatic N) is 2. The molecule has 2 amide bonds. The normalized spacial score (nSPS) is 11.2. The molecule has 0 atom stereocenters. The van der Waals surface area contributed by atoms with E-state index in [-0.39, 0.29) is 18.0 Å². The van der Waals surface area contributed by atoms with Gasteiger partial charge in [0.25, 0.3) is 5.91 Å². The molecule has 1 aromatic heterocycles. The van der Waals surface area contributed by atoms with E-state index in [2.05, 4.69) is 20.8 Å². The van der Waals surface area contributed by atoms with Gasteiger partial charge in [-0.25, -0.2) is 10.4 Å². The summed E-state index contributed by atoms with van der Waals surface area (Å²) in [4.78, 5) is 28.5. The molecule has 2 aromatic carbocycles. The van der Waals surface area contributed by atoms with E-state index in [0.29, 0.717) is 5.71 Å². The zero-order chi connectivity index (χ0) is 18.4. The highest BCUT2D eigenvalue weighted by Crippen LogP contribution is 2.11. The van der Waals surface area contributed by atoms with Gasteiger partial charge in [-0.15, -0.1) is 0 Å². The number of hydrogen-bond acceptors (Lipinski definition) is 4. The third kappa shape index (κ3) is 4.51. The Bertz CT molecular complexity index is 968. The summed E-state index contributed by atoms with van der Waals surface area (Å²) in [6.07, 6.45) is 0.0837. The second kappa shape index (κ2) is 8.02. The number of benzene rings is 2. The highest BCUT2D eigenvalue weighted by molar-refractivity contribution is 6.06. The fourth-order valence-corrected chi connectivity index (χ4v) is 2.39. The Labute approximate surface area is 151 Å². The number of aromatic nitrogens is 1. The molecular weight excluding hydrogens is 328 g/mol. The summed E-state index contributed by atoms with van der Waals surface area (Å²) < 4.78 is 0. The molecule has 3 rings (SSSR count). The smallest absolute Gasteiger partial charge is 0.289 e. The van der Waals surface area contributed by atoms with E-state index in [0.717, 1.165) is 16.6 Å². The van der Waals surface area contributed by atoms with Gasteiger partial charge in [-0.05, 0) is 31.2 Å². The molecule has 2 N–H and O–H groups in total. The average molecular weight is 346 g/mol. The highest BCUT2D eigenvalue weighted by atomic mass is 16.2. The molecule has 3 aromatic rings. The van der Waals surface area contributed by atoms with Crippen LogP contribution in [0.2, 0.25) is 0 Å². The predicted octanol–water partition coefficient (Wildman–Crippen LogP) is 3.37. The molecule has 26 heavy (non-hydrogen) atoms. The fourth-order valence-electron chi connectivity index (χ4n) is 2.39. The van der Waals surface area contributed by atoms with Gasteiger partial charge in [0.15, 0.2) is 0 Å². The van der Waals surface area contributed by atoms with Crippen molar-refractivity contribution in [2.45, 2.75) is 13.3 Å². The summed E-state index contributed by atoms with van der Waals surface area (Å²) >= 11 is 0. The standard InChI is InChI=1S/C20H18N4O2/c1-14(13-19(25)21-16-8-3-2-4-9-16)23-24-20(26)18-12-11-15-7-5-6-10-17(15)22-18/h2-12H,13H2,1H3,(H,21,25)(H,24,26)/b23-14-. The first-order valence-corrected chi connectivity index (χ1v) is 8.16. The third-order valence-electron chi connectivity index (χ3n) is 3.65. The Hall–Kier alpha value is -3.54. The number of anilines is 1. The summed E-state index contributed by atoms with van der Waals surface area (Å²) in [6.45, 7) is 1.68. The quantitative estimate of drug-likeness (QED) is 0.549. The van der Waals surface area contributed by atoms with Crippen LogP contribution in [0, 0.1) is 0 Å². The Kier molecular flexibility index (Phi) is 5.34. The predicted molar refractivity (Wildman–Crippen MR) is 102 cm³/mol. The van der Waals surface area contributed by atoms with Gasteiger partial charge < -0.3 is 5.32 Å². The number of fused-ring (bicyclic) bond motifs is 1.